The number of halogens is 2. The van der Waals surface area contributed by atoms with Crippen molar-refractivity contribution >= 4 is 28.9 Å². The smallest absolute Gasteiger partial charge is 0.0441 e. The molecule has 0 atom stereocenters. The lowest BCUT2D eigenvalue weighted by Crippen LogP contribution is -1.90. The van der Waals surface area contributed by atoms with E-state index in [-0.39, 0.29) is 0 Å². The van der Waals surface area contributed by atoms with E-state index in [2.05, 4.69) is 0 Å². The van der Waals surface area contributed by atoms with Gasteiger partial charge in [-0.2, -0.15) is 0 Å². The van der Waals surface area contributed by atoms with E-state index in [1.807, 2.05) is 31.2 Å². The average molecular weight is 252 g/mol. The number of aryl methyl sites for hydroxylation is 1. The van der Waals surface area contributed by atoms with Crippen molar-refractivity contribution in [3.05, 3.63) is 52.0 Å². The molecule has 0 radical (unpaired) electrons. The molecule has 0 bridgehead atoms. The largest absolute Gasteiger partial charge is 0.398 e. The molecule has 0 aliphatic heterocycles. The van der Waals surface area contributed by atoms with Crippen LogP contribution in [0.25, 0.3) is 11.1 Å². The van der Waals surface area contributed by atoms with Gasteiger partial charge in [-0.15, -0.1) is 0 Å². The van der Waals surface area contributed by atoms with E-state index in [0.29, 0.717) is 10.7 Å². The Morgan fingerprint density at radius 2 is 1.75 bits per heavy atom. The normalized spacial score (nSPS) is 10.4. The lowest BCUT2D eigenvalue weighted by molar-refractivity contribution is 1.47. The van der Waals surface area contributed by atoms with E-state index in [4.69, 9.17) is 28.9 Å². The van der Waals surface area contributed by atoms with Crippen LogP contribution in [-0.2, 0) is 0 Å². The van der Waals surface area contributed by atoms with Crippen molar-refractivity contribution in [3.8, 4) is 11.1 Å². The second-order valence-corrected chi connectivity index (χ2v) is 4.54. The molecule has 0 aliphatic carbocycles. The third kappa shape index (κ3) is 2.16. The van der Waals surface area contributed by atoms with Crippen LogP contribution in [0, 0.1) is 6.92 Å². The van der Waals surface area contributed by atoms with Crippen LogP contribution in [-0.4, -0.2) is 0 Å². The van der Waals surface area contributed by atoms with Crippen molar-refractivity contribution in [1.29, 1.82) is 0 Å². The summed E-state index contributed by atoms with van der Waals surface area (Å²) in [4.78, 5) is 0. The monoisotopic (exact) mass is 251 g/mol. The number of anilines is 1. The Kier molecular flexibility index (Phi) is 3.08. The fourth-order valence-corrected chi connectivity index (χ4v) is 1.89. The van der Waals surface area contributed by atoms with Gasteiger partial charge in [0.2, 0.25) is 0 Å². The summed E-state index contributed by atoms with van der Waals surface area (Å²) in [5.74, 6) is 0. The summed E-state index contributed by atoms with van der Waals surface area (Å²) in [6.07, 6.45) is 0. The van der Waals surface area contributed by atoms with Crippen LogP contribution in [0.4, 0.5) is 5.69 Å². The first-order chi connectivity index (χ1) is 7.58. The van der Waals surface area contributed by atoms with Crippen molar-refractivity contribution < 1.29 is 0 Å². The lowest BCUT2D eigenvalue weighted by Gasteiger charge is -2.08. The van der Waals surface area contributed by atoms with Gasteiger partial charge >= 0.3 is 0 Å². The first-order valence-corrected chi connectivity index (χ1v) is 5.65. The molecule has 0 amide bonds. The Morgan fingerprint density at radius 3 is 2.44 bits per heavy atom. The molecular weight excluding hydrogens is 241 g/mol. The minimum absolute atomic E-state index is 0.667. The molecule has 0 saturated heterocycles. The number of rotatable bonds is 1. The molecule has 0 saturated carbocycles. The van der Waals surface area contributed by atoms with Crippen LogP contribution in [0.2, 0.25) is 10.0 Å². The summed E-state index contributed by atoms with van der Waals surface area (Å²) < 4.78 is 0. The van der Waals surface area contributed by atoms with Gasteiger partial charge < -0.3 is 5.73 Å². The van der Waals surface area contributed by atoms with Crippen molar-refractivity contribution in [1.82, 2.24) is 0 Å². The van der Waals surface area contributed by atoms with Crippen molar-refractivity contribution in [2.24, 2.45) is 0 Å². The maximum absolute atomic E-state index is 6.08. The molecular formula is C13H11Cl2N. The summed E-state index contributed by atoms with van der Waals surface area (Å²) in [7, 11) is 0. The van der Waals surface area contributed by atoms with Gasteiger partial charge in [-0.3, -0.25) is 0 Å². The van der Waals surface area contributed by atoms with Crippen LogP contribution in [0.5, 0.6) is 0 Å². The van der Waals surface area contributed by atoms with E-state index >= 15 is 0 Å². The zero-order chi connectivity index (χ0) is 11.7. The Balaban J connectivity index is 2.58. The second-order valence-electron chi connectivity index (χ2n) is 3.70. The van der Waals surface area contributed by atoms with Crippen molar-refractivity contribution in [2.45, 2.75) is 6.92 Å². The molecule has 1 nitrogen and oxygen atoms in total. The van der Waals surface area contributed by atoms with Crippen molar-refractivity contribution in [3.63, 3.8) is 0 Å². The molecule has 0 aliphatic rings. The van der Waals surface area contributed by atoms with Crippen molar-refractivity contribution in [2.75, 3.05) is 5.73 Å². The van der Waals surface area contributed by atoms with Crippen LogP contribution in [0.3, 0.4) is 0 Å². The summed E-state index contributed by atoms with van der Waals surface area (Å²) in [5, 5.41) is 1.40. The van der Waals surface area contributed by atoms with E-state index in [1.165, 1.54) is 0 Å². The number of hydrogen-bond acceptors (Lipinski definition) is 1. The first kappa shape index (κ1) is 11.3. The average Bonchev–Trinajstić information content (AvgIpc) is 2.26. The highest BCUT2D eigenvalue weighted by atomic mass is 35.5. The highest BCUT2D eigenvalue weighted by Gasteiger charge is 2.05. The summed E-state index contributed by atoms with van der Waals surface area (Å²) >= 11 is 12.0. The molecule has 0 unspecified atom stereocenters. The van der Waals surface area contributed by atoms with Crippen LogP contribution in [0.1, 0.15) is 5.56 Å². The van der Waals surface area contributed by atoms with E-state index in [0.717, 1.165) is 21.7 Å². The first-order valence-electron chi connectivity index (χ1n) is 4.89. The minimum atomic E-state index is 0.667. The van der Waals surface area contributed by atoms with Gasteiger partial charge in [0.05, 0.1) is 0 Å². The van der Waals surface area contributed by atoms with Crippen LogP contribution >= 0.6 is 23.2 Å². The predicted molar refractivity (Wildman–Crippen MR) is 71.0 cm³/mol. The molecule has 2 aromatic rings. The molecule has 0 fully saturated rings. The summed E-state index contributed by atoms with van der Waals surface area (Å²) in [6.45, 7) is 1.97. The zero-order valence-electron chi connectivity index (χ0n) is 8.80. The molecule has 2 rings (SSSR count). The zero-order valence-corrected chi connectivity index (χ0v) is 10.3. The molecule has 0 spiro atoms. The fraction of sp³-hybridized carbons (Fsp3) is 0.0769. The van der Waals surface area contributed by atoms with Gasteiger partial charge in [0.1, 0.15) is 0 Å². The molecule has 0 aromatic heterocycles. The van der Waals surface area contributed by atoms with E-state index in [9.17, 15) is 0 Å². The maximum Gasteiger partial charge on any atom is 0.0441 e. The molecule has 0 heterocycles. The number of benzene rings is 2. The van der Waals surface area contributed by atoms with Gasteiger partial charge in [0.25, 0.3) is 0 Å². The quantitative estimate of drug-likeness (QED) is 0.740. The van der Waals surface area contributed by atoms with E-state index in [1.54, 1.807) is 12.1 Å². The Labute approximate surface area is 105 Å². The lowest BCUT2D eigenvalue weighted by atomic mass is 10.0. The summed E-state index contributed by atoms with van der Waals surface area (Å²) in [5.41, 5.74) is 9.55. The van der Waals surface area contributed by atoms with Gasteiger partial charge in [-0.25, -0.2) is 0 Å². The minimum Gasteiger partial charge on any atom is -0.398 e. The van der Waals surface area contributed by atoms with Crippen LogP contribution < -0.4 is 5.73 Å². The van der Waals surface area contributed by atoms with Gasteiger partial charge in [0, 0.05) is 21.3 Å². The number of nitrogens with two attached hydrogens (primary N) is 1. The van der Waals surface area contributed by atoms with Gasteiger partial charge in [-0.1, -0.05) is 35.3 Å². The Hall–Kier alpha value is -1.18. The topological polar surface area (TPSA) is 26.0 Å². The van der Waals surface area contributed by atoms with E-state index < -0.39 is 0 Å². The number of hydrogen-bond donors (Lipinski definition) is 1. The molecule has 3 heteroatoms. The summed E-state index contributed by atoms with van der Waals surface area (Å²) in [6, 6.07) is 11.3. The SMILES string of the molecule is Cc1ccc(-c2cc(Cl)ccc2N)cc1Cl. The molecule has 2 aromatic carbocycles. The maximum atomic E-state index is 6.08. The highest BCUT2D eigenvalue weighted by Crippen LogP contribution is 2.31. The van der Waals surface area contributed by atoms with Gasteiger partial charge in [0.15, 0.2) is 0 Å². The third-order valence-electron chi connectivity index (χ3n) is 2.50. The fourth-order valence-electron chi connectivity index (χ4n) is 1.54. The number of nitrogen functional groups attached to an aromatic ring is 1. The Morgan fingerprint density at radius 1 is 1.00 bits per heavy atom. The standard InChI is InChI=1S/C13H11Cl2N/c1-8-2-3-9(6-12(8)15)11-7-10(14)4-5-13(11)16/h2-7H,16H2,1H3. The molecule has 16 heavy (non-hydrogen) atoms. The Bertz CT molecular complexity index is 535. The molecule has 82 valence electrons. The molecule has 2 N–H and O–H groups in total. The van der Waals surface area contributed by atoms with Gasteiger partial charge in [-0.05, 0) is 42.3 Å². The highest BCUT2D eigenvalue weighted by molar-refractivity contribution is 6.32. The second kappa shape index (κ2) is 4.36. The van der Waals surface area contributed by atoms with Crippen LogP contribution in [0.15, 0.2) is 36.4 Å². The third-order valence-corrected chi connectivity index (χ3v) is 3.14. The predicted octanol–water partition coefficient (Wildman–Crippen LogP) is 4.55.